The van der Waals surface area contributed by atoms with Crippen LogP contribution in [-0.4, -0.2) is 4.98 Å². The van der Waals surface area contributed by atoms with Gasteiger partial charge >= 0.3 is 0 Å². The summed E-state index contributed by atoms with van der Waals surface area (Å²) in [5, 5.41) is 2.52. The number of benzene rings is 1. The maximum absolute atomic E-state index is 4.15. The molecule has 0 saturated carbocycles. The Bertz CT molecular complexity index is 423. The molecule has 2 rings (SSSR count). The molecule has 0 atom stereocenters. The number of rotatable bonds is 0. The van der Waals surface area contributed by atoms with Crippen LogP contribution in [0.2, 0.25) is 0 Å². The molecule has 1 aromatic heterocycles. The lowest BCUT2D eigenvalue weighted by atomic mass is 10.1. The van der Waals surface area contributed by atoms with E-state index in [-0.39, 0.29) is 0 Å². The van der Waals surface area contributed by atoms with E-state index in [1.165, 1.54) is 19.9 Å². The molecule has 1 aromatic carbocycles. The Kier molecular flexibility index (Phi) is 2.00. The van der Waals surface area contributed by atoms with Crippen molar-refractivity contribution < 1.29 is 0 Å². The van der Waals surface area contributed by atoms with E-state index in [2.05, 4.69) is 52.7 Å². The quantitative estimate of drug-likeness (QED) is 0.669. The largest absolute Gasteiger partial charge is 0.264 e. The minimum Gasteiger partial charge on any atom is -0.264 e. The lowest BCUT2D eigenvalue weighted by Crippen LogP contribution is -1.81. The van der Waals surface area contributed by atoms with Crippen molar-refractivity contribution in [2.75, 3.05) is 0 Å². The zero-order valence-electron chi connectivity index (χ0n) is 6.71. The van der Waals surface area contributed by atoms with E-state index in [4.69, 9.17) is 0 Å². The van der Waals surface area contributed by atoms with Crippen molar-refractivity contribution >= 4 is 33.4 Å². The molecule has 0 saturated heterocycles. The van der Waals surface area contributed by atoms with Crippen molar-refractivity contribution in [2.24, 2.45) is 0 Å². The molecule has 2 aromatic rings. The molecule has 0 aliphatic heterocycles. The third kappa shape index (κ3) is 1.31. The molecule has 0 unspecified atom stereocenters. The zero-order chi connectivity index (χ0) is 8.55. The van der Waals surface area contributed by atoms with Crippen LogP contribution in [0.15, 0.2) is 30.6 Å². The Morgan fingerprint density at radius 3 is 2.92 bits per heavy atom. The summed E-state index contributed by atoms with van der Waals surface area (Å²) < 4.78 is 1.26. The first-order chi connectivity index (χ1) is 5.77. The standard InChI is InChI=1S/C10H8IN/c1-7-5-12-6-8-4-9(11)2-3-10(7)8/h2-6H,1H3. The molecule has 0 aliphatic rings. The van der Waals surface area contributed by atoms with Gasteiger partial charge in [-0.25, -0.2) is 0 Å². The van der Waals surface area contributed by atoms with E-state index in [0.29, 0.717) is 0 Å². The van der Waals surface area contributed by atoms with Crippen LogP contribution >= 0.6 is 22.6 Å². The van der Waals surface area contributed by atoms with Crippen LogP contribution in [0.1, 0.15) is 5.56 Å². The summed E-state index contributed by atoms with van der Waals surface area (Å²) in [5.41, 5.74) is 1.24. The van der Waals surface area contributed by atoms with Gasteiger partial charge in [0.15, 0.2) is 0 Å². The second-order valence-corrected chi connectivity index (χ2v) is 4.07. The van der Waals surface area contributed by atoms with Gasteiger partial charge < -0.3 is 0 Å². The van der Waals surface area contributed by atoms with E-state index < -0.39 is 0 Å². The van der Waals surface area contributed by atoms with E-state index in [1.807, 2.05) is 12.4 Å². The summed E-state index contributed by atoms with van der Waals surface area (Å²) in [6, 6.07) is 6.42. The predicted molar refractivity (Wildman–Crippen MR) is 59.2 cm³/mol. The Hall–Kier alpha value is -0.640. The number of hydrogen-bond donors (Lipinski definition) is 0. The highest BCUT2D eigenvalue weighted by Gasteiger charge is 1.96. The minimum absolute atomic E-state index is 1.22. The minimum atomic E-state index is 1.22. The molecule has 2 heteroatoms. The maximum Gasteiger partial charge on any atom is 0.0346 e. The van der Waals surface area contributed by atoms with Gasteiger partial charge in [0.05, 0.1) is 0 Å². The summed E-state index contributed by atoms with van der Waals surface area (Å²) >= 11 is 2.31. The average Bonchev–Trinajstić information content (AvgIpc) is 2.04. The first-order valence-corrected chi connectivity index (χ1v) is 4.85. The van der Waals surface area contributed by atoms with E-state index >= 15 is 0 Å². The van der Waals surface area contributed by atoms with Crippen molar-refractivity contribution in [3.63, 3.8) is 0 Å². The average molecular weight is 269 g/mol. The molecule has 0 aliphatic carbocycles. The van der Waals surface area contributed by atoms with Crippen molar-refractivity contribution in [1.29, 1.82) is 0 Å². The summed E-state index contributed by atoms with van der Waals surface area (Å²) in [6.07, 6.45) is 3.81. The lowest BCUT2D eigenvalue weighted by molar-refractivity contribution is 1.31. The summed E-state index contributed by atoms with van der Waals surface area (Å²) in [4.78, 5) is 4.15. The molecular formula is C10H8IN. The third-order valence-electron chi connectivity index (χ3n) is 1.92. The van der Waals surface area contributed by atoms with Gasteiger partial charge in [0, 0.05) is 21.4 Å². The van der Waals surface area contributed by atoms with E-state index in [0.717, 1.165) is 0 Å². The first kappa shape index (κ1) is 7.98. The van der Waals surface area contributed by atoms with Crippen LogP contribution in [0.25, 0.3) is 10.8 Å². The second-order valence-electron chi connectivity index (χ2n) is 2.82. The topological polar surface area (TPSA) is 12.9 Å². The number of fused-ring (bicyclic) bond motifs is 1. The molecule has 1 heterocycles. The van der Waals surface area contributed by atoms with Crippen LogP contribution < -0.4 is 0 Å². The third-order valence-corrected chi connectivity index (χ3v) is 2.59. The van der Waals surface area contributed by atoms with Crippen molar-refractivity contribution in [3.8, 4) is 0 Å². The van der Waals surface area contributed by atoms with Gasteiger partial charge in [-0.15, -0.1) is 0 Å². The van der Waals surface area contributed by atoms with Crippen LogP contribution in [0.5, 0.6) is 0 Å². The fourth-order valence-corrected chi connectivity index (χ4v) is 1.81. The van der Waals surface area contributed by atoms with Gasteiger partial charge in [-0.3, -0.25) is 4.98 Å². The molecule has 60 valence electrons. The molecule has 0 radical (unpaired) electrons. The highest BCUT2D eigenvalue weighted by Crippen LogP contribution is 2.18. The molecule has 1 nitrogen and oxygen atoms in total. The first-order valence-electron chi connectivity index (χ1n) is 3.77. The van der Waals surface area contributed by atoms with Gasteiger partial charge in [0.2, 0.25) is 0 Å². The van der Waals surface area contributed by atoms with Gasteiger partial charge in [0.1, 0.15) is 0 Å². The number of hydrogen-bond acceptors (Lipinski definition) is 1. The zero-order valence-corrected chi connectivity index (χ0v) is 8.87. The SMILES string of the molecule is Cc1cncc2cc(I)ccc12. The smallest absolute Gasteiger partial charge is 0.0346 e. The number of nitrogens with zero attached hydrogens (tertiary/aromatic N) is 1. The Morgan fingerprint density at radius 2 is 2.08 bits per heavy atom. The lowest BCUT2D eigenvalue weighted by Gasteiger charge is -2.00. The molecule has 0 amide bonds. The summed E-state index contributed by atoms with van der Waals surface area (Å²) in [5.74, 6) is 0. The van der Waals surface area contributed by atoms with Gasteiger partial charge in [-0.05, 0) is 52.6 Å². The fourth-order valence-electron chi connectivity index (χ4n) is 1.30. The van der Waals surface area contributed by atoms with Crippen molar-refractivity contribution in [2.45, 2.75) is 6.92 Å². The van der Waals surface area contributed by atoms with E-state index in [1.54, 1.807) is 0 Å². The molecule has 0 fully saturated rings. The monoisotopic (exact) mass is 269 g/mol. The van der Waals surface area contributed by atoms with Crippen molar-refractivity contribution in [1.82, 2.24) is 4.98 Å². The predicted octanol–water partition coefficient (Wildman–Crippen LogP) is 3.15. The molecule has 12 heavy (non-hydrogen) atoms. The highest BCUT2D eigenvalue weighted by molar-refractivity contribution is 14.1. The number of halogens is 1. The van der Waals surface area contributed by atoms with Gasteiger partial charge in [-0.2, -0.15) is 0 Å². The normalized spacial score (nSPS) is 10.5. The summed E-state index contributed by atoms with van der Waals surface area (Å²) in [6.45, 7) is 2.09. The molecule has 0 N–H and O–H groups in total. The summed E-state index contributed by atoms with van der Waals surface area (Å²) in [7, 11) is 0. The highest BCUT2D eigenvalue weighted by atomic mass is 127. The molecule has 0 spiro atoms. The number of aromatic nitrogens is 1. The van der Waals surface area contributed by atoms with Crippen molar-refractivity contribution in [3.05, 3.63) is 39.7 Å². The Labute approximate surface area is 85.0 Å². The van der Waals surface area contributed by atoms with Crippen LogP contribution in [0, 0.1) is 10.5 Å². The Balaban J connectivity index is 2.86. The van der Waals surface area contributed by atoms with Gasteiger partial charge in [-0.1, -0.05) is 6.07 Å². The second kappa shape index (κ2) is 3.01. The fraction of sp³-hybridized carbons (Fsp3) is 0.100. The molecule has 0 bridgehead atoms. The number of pyridine rings is 1. The van der Waals surface area contributed by atoms with Crippen LogP contribution in [0.4, 0.5) is 0 Å². The number of aryl methyl sites for hydroxylation is 1. The molecular weight excluding hydrogens is 261 g/mol. The Morgan fingerprint density at radius 1 is 1.25 bits per heavy atom. The van der Waals surface area contributed by atoms with Crippen LogP contribution in [-0.2, 0) is 0 Å². The van der Waals surface area contributed by atoms with Crippen LogP contribution in [0.3, 0.4) is 0 Å². The maximum atomic E-state index is 4.15. The van der Waals surface area contributed by atoms with Gasteiger partial charge in [0.25, 0.3) is 0 Å². The van der Waals surface area contributed by atoms with E-state index in [9.17, 15) is 0 Å².